The maximum Gasteiger partial charge on any atom is 0.159 e. The Morgan fingerprint density at radius 1 is 1.04 bits per heavy atom. The molecule has 3 rings (SSSR count). The van der Waals surface area contributed by atoms with Crippen LogP contribution in [0.4, 0.5) is 5.69 Å². The topological polar surface area (TPSA) is 47.6 Å². The summed E-state index contributed by atoms with van der Waals surface area (Å²) >= 11 is 1.54. The minimum absolute atomic E-state index is 0.547. The molecule has 116 valence electrons. The number of fused-ring (bicyclic) bond motifs is 1. The molecule has 3 aromatic rings. The maximum absolute atomic E-state index is 6.06. The lowest BCUT2D eigenvalue weighted by Gasteiger charge is -2.06. The van der Waals surface area contributed by atoms with Crippen LogP contribution in [0.2, 0.25) is 0 Å². The zero-order valence-corrected chi connectivity index (χ0v) is 13.7. The zero-order chi connectivity index (χ0) is 16.1. The van der Waals surface area contributed by atoms with Gasteiger partial charge in [-0.05, 0) is 28.5 Å². The molecule has 2 N–H and O–H groups in total. The first kappa shape index (κ1) is 15.4. The highest BCUT2D eigenvalue weighted by atomic mass is 32.2. The molecule has 4 heteroatoms. The lowest BCUT2D eigenvalue weighted by Crippen LogP contribution is -2.06. The SMILES string of the molecule is COc1cccc(N=C(N)SCc2cccc3ccccc23)c1. The van der Waals surface area contributed by atoms with Crippen molar-refractivity contribution in [3.8, 4) is 5.75 Å². The summed E-state index contributed by atoms with van der Waals surface area (Å²) in [6.07, 6.45) is 0. The second-order valence-corrected chi connectivity index (χ2v) is 6.07. The maximum atomic E-state index is 6.06. The van der Waals surface area contributed by atoms with Crippen molar-refractivity contribution >= 4 is 33.4 Å². The van der Waals surface area contributed by atoms with Crippen molar-refractivity contribution in [3.63, 3.8) is 0 Å². The first-order valence-electron chi connectivity index (χ1n) is 7.34. The van der Waals surface area contributed by atoms with Crippen LogP contribution < -0.4 is 10.5 Å². The molecule has 0 aliphatic rings. The summed E-state index contributed by atoms with van der Waals surface area (Å²) in [7, 11) is 1.64. The van der Waals surface area contributed by atoms with E-state index in [4.69, 9.17) is 10.5 Å². The third-order valence-electron chi connectivity index (χ3n) is 3.55. The second kappa shape index (κ2) is 7.20. The van der Waals surface area contributed by atoms with Gasteiger partial charge in [0.15, 0.2) is 5.17 Å². The van der Waals surface area contributed by atoms with Crippen LogP contribution in [0.15, 0.2) is 71.7 Å². The first-order chi connectivity index (χ1) is 11.3. The van der Waals surface area contributed by atoms with Crippen LogP contribution in [-0.4, -0.2) is 12.3 Å². The van der Waals surface area contributed by atoms with Gasteiger partial charge >= 0.3 is 0 Å². The van der Waals surface area contributed by atoms with Gasteiger partial charge in [-0.2, -0.15) is 0 Å². The molecular weight excluding hydrogens is 304 g/mol. The third kappa shape index (κ3) is 3.85. The largest absolute Gasteiger partial charge is 0.497 e. The first-order valence-corrected chi connectivity index (χ1v) is 8.32. The van der Waals surface area contributed by atoms with Crippen LogP contribution in [0, 0.1) is 0 Å². The smallest absolute Gasteiger partial charge is 0.159 e. The molecule has 0 atom stereocenters. The van der Waals surface area contributed by atoms with E-state index in [-0.39, 0.29) is 0 Å². The molecule has 0 saturated carbocycles. The standard InChI is InChI=1S/C19H18N2OS/c1-22-17-10-5-9-16(12-17)21-19(20)23-13-15-8-4-7-14-6-2-3-11-18(14)15/h2-12H,13H2,1H3,(H2,20,21). The highest BCUT2D eigenvalue weighted by Gasteiger charge is 2.03. The molecule has 3 nitrogen and oxygen atoms in total. The Morgan fingerprint density at radius 2 is 1.83 bits per heavy atom. The molecule has 23 heavy (non-hydrogen) atoms. The number of rotatable bonds is 4. The zero-order valence-electron chi connectivity index (χ0n) is 12.9. The Bertz CT molecular complexity index is 840. The molecular formula is C19H18N2OS. The van der Waals surface area contributed by atoms with Gasteiger partial charge in [-0.1, -0.05) is 60.3 Å². The van der Waals surface area contributed by atoms with Gasteiger partial charge in [0.25, 0.3) is 0 Å². The van der Waals surface area contributed by atoms with Crippen molar-refractivity contribution in [2.45, 2.75) is 5.75 Å². The summed E-state index contributed by atoms with van der Waals surface area (Å²) in [5.41, 5.74) is 8.12. The molecule has 0 amide bonds. The van der Waals surface area contributed by atoms with Crippen LogP contribution in [0.5, 0.6) is 5.75 Å². The molecule has 0 fully saturated rings. The number of methoxy groups -OCH3 is 1. The average Bonchev–Trinajstić information content (AvgIpc) is 2.60. The van der Waals surface area contributed by atoms with Crippen molar-refractivity contribution < 1.29 is 4.74 Å². The number of hydrogen-bond donors (Lipinski definition) is 1. The molecule has 0 radical (unpaired) electrons. The number of nitrogens with two attached hydrogens (primary N) is 1. The van der Waals surface area contributed by atoms with E-state index in [9.17, 15) is 0 Å². The second-order valence-electron chi connectivity index (χ2n) is 5.08. The van der Waals surface area contributed by atoms with Crippen molar-refractivity contribution in [1.29, 1.82) is 0 Å². The summed E-state index contributed by atoms with van der Waals surface area (Å²) in [6, 6.07) is 22.3. The molecule has 0 heterocycles. The Morgan fingerprint density at radius 3 is 2.70 bits per heavy atom. The number of benzene rings is 3. The van der Waals surface area contributed by atoms with Gasteiger partial charge in [-0.3, -0.25) is 0 Å². The minimum atomic E-state index is 0.547. The average molecular weight is 322 g/mol. The van der Waals surface area contributed by atoms with E-state index in [0.717, 1.165) is 17.2 Å². The number of thioether (sulfide) groups is 1. The van der Waals surface area contributed by atoms with Crippen molar-refractivity contribution in [3.05, 3.63) is 72.3 Å². The van der Waals surface area contributed by atoms with E-state index in [1.807, 2.05) is 24.3 Å². The van der Waals surface area contributed by atoms with Gasteiger partial charge in [0.2, 0.25) is 0 Å². The van der Waals surface area contributed by atoms with Crippen LogP contribution in [0.25, 0.3) is 10.8 Å². The fourth-order valence-corrected chi connectivity index (χ4v) is 3.13. The minimum Gasteiger partial charge on any atom is -0.497 e. The van der Waals surface area contributed by atoms with Crippen LogP contribution in [0.3, 0.4) is 0 Å². The van der Waals surface area contributed by atoms with E-state index in [1.54, 1.807) is 7.11 Å². The summed E-state index contributed by atoms with van der Waals surface area (Å²) < 4.78 is 5.20. The van der Waals surface area contributed by atoms with Crippen LogP contribution in [-0.2, 0) is 5.75 Å². The Labute approximate surface area is 140 Å². The van der Waals surface area contributed by atoms with E-state index >= 15 is 0 Å². The molecule has 0 bridgehead atoms. The lowest BCUT2D eigenvalue weighted by atomic mass is 10.1. The molecule has 3 aromatic carbocycles. The monoisotopic (exact) mass is 322 g/mol. The van der Waals surface area contributed by atoms with Gasteiger partial charge in [0, 0.05) is 11.8 Å². The number of nitrogens with zero attached hydrogens (tertiary/aromatic N) is 1. The molecule has 0 spiro atoms. The van der Waals surface area contributed by atoms with Crippen molar-refractivity contribution in [2.24, 2.45) is 10.7 Å². The lowest BCUT2D eigenvalue weighted by molar-refractivity contribution is 0.415. The fourth-order valence-electron chi connectivity index (χ4n) is 2.41. The number of amidine groups is 1. The molecule has 0 aliphatic heterocycles. The van der Waals surface area contributed by atoms with Crippen molar-refractivity contribution in [2.75, 3.05) is 7.11 Å². The third-order valence-corrected chi connectivity index (χ3v) is 4.39. The predicted molar refractivity (Wildman–Crippen MR) is 99.5 cm³/mol. The highest BCUT2D eigenvalue weighted by Crippen LogP contribution is 2.24. The highest BCUT2D eigenvalue weighted by molar-refractivity contribution is 8.13. The van der Waals surface area contributed by atoms with E-state index < -0.39 is 0 Å². The van der Waals surface area contributed by atoms with Gasteiger partial charge in [-0.25, -0.2) is 4.99 Å². The molecule has 0 saturated heterocycles. The Hall–Kier alpha value is -2.46. The number of aliphatic imine (C=N–C) groups is 1. The van der Waals surface area contributed by atoms with E-state index in [1.165, 1.54) is 28.1 Å². The number of hydrogen-bond acceptors (Lipinski definition) is 3. The Kier molecular flexibility index (Phi) is 4.83. The van der Waals surface area contributed by atoms with E-state index in [2.05, 4.69) is 47.5 Å². The van der Waals surface area contributed by atoms with Gasteiger partial charge < -0.3 is 10.5 Å². The molecule has 0 aromatic heterocycles. The Balaban J connectivity index is 1.75. The van der Waals surface area contributed by atoms with Gasteiger partial charge in [-0.15, -0.1) is 0 Å². The molecule has 0 aliphatic carbocycles. The van der Waals surface area contributed by atoms with Crippen LogP contribution >= 0.6 is 11.8 Å². The normalized spacial score (nSPS) is 11.6. The summed E-state index contributed by atoms with van der Waals surface area (Å²) in [5, 5.41) is 3.05. The van der Waals surface area contributed by atoms with Crippen molar-refractivity contribution in [1.82, 2.24) is 0 Å². The predicted octanol–water partition coefficient (Wildman–Crippen LogP) is 4.73. The quantitative estimate of drug-likeness (QED) is 0.558. The summed E-state index contributed by atoms with van der Waals surface area (Å²) in [4.78, 5) is 4.44. The summed E-state index contributed by atoms with van der Waals surface area (Å²) in [5.74, 6) is 1.57. The van der Waals surface area contributed by atoms with Gasteiger partial charge in [0.05, 0.1) is 12.8 Å². The number of ether oxygens (including phenoxy) is 1. The molecule has 0 unspecified atom stereocenters. The van der Waals surface area contributed by atoms with E-state index in [0.29, 0.717) is 5.17 Å². The van der Waals surface area contributed by atoms with Crippen LogP contribution in [0.1, 0.15) is 5.56 Å². The van der Waals surface area contributed by atoms with Gasteiger partial charge in [0.1, 0.15) is 5.75 Å². The summed E-state index contributed by atoms with van der Waals surface area (Å²) in [6.45, 7) is 0. The fraction of sp³-hybridized carbons (Fsp3) is 0.105.